The molecule has 2 nitrogen and oxygen atoms in total. The molecule has 1 N–H and O–H groups in total. The molecule has 112 valence electrons. The second-order valence-electron chi connectivity index (χ2n) is 5.06. The third kappa shape index (κ3) is 4.71. The van der Waals surface area contributed by atoms with Gasteiger partial charge in [0.05, 0.1) is 11.6 Å². The lowest BCUT2D eigenvalue weighted by molar-refractivity contribution is 0.0631. The molecule has 0 atom stereocenters. The maximum Gasteiger partial charge on any atom is 0.268 e. The third-order valence-electron chi connectivity index (χ3n) is 3.39. The van der Waals surface area contributed by atoms with Gasteiger partial charge in [0, 0.05) is 24.4 Å². The molecule has 4 heteroatoms. The van der Waals surface area contributed by atoms with E-state index < -0.39 is 5.92 Å². The van der Waals surface area contributed by atoms with Crippen LogP contribution in [-0.2, 0) is 0 Å². The van der Waals surface area contributed by atoms with E-state index in [9.17, 15) is 8.78 Å². The highest BCUT2D eigenvalue weighted by molar-refractivity contribution is 5.68. The Morgan fingerprint density at radius 1 is 1.29 bits per heavy atom. The normalized spacial score (nSPS) is 13.5. The van der Waals surface area contributed by atoms with Crippen LogP contribution in [0.25, 0.3) is 5.70 Å². The maximum atomic E-state index is 13.2. The highest BCUT2D eigenvalue weighted by Gasteiger charge is 2.23. The van der Waals surface area contributed by atoms with Crippen LogP contribution in [0, 0.1) is 11.3 Å². The lowest BCUT2D eigenvalue weighted by atomic mass is 10.0. The molecule has 0 saturated heterocycles. The molecule has 0 aliphatic carbocycles. The number of hydrogen-bond acceptors (Lipinski definition) is 2. The second kappa shape index (κ2) is 7.03. The SMILES string of the molecule is CCC(C)=C(N/C=C(\C)C(C)(F)F)c1ccc(C#N)cc1. The molecule has 1 aromatic carbocycles. The van der Waals surface area contributed by atoms with Gasteiger partial charge in [0.15, 0.2) is 0 Å². The van der Waals surface area contributed by atoms with Crippen LogP contribution in [0.5, 0.6) is 0 Å². The van der Waals surface area contributed by atoms with Gasteiger partial charge in [0.1, 0.15) is 0 Å². The average Bonchev–Trinajstić information content (AvgIpc) is 2.46. The van der Waals surface area contributed by atoms with Gasteiger partial charge in [-0.05, 0) is 43.5 Å². The first-order chi connectivity index (χ1) is 9.79. The number of halogens is 2. The zero-order valence-electron chi connectivity index (χ0n) is 12.8. The Morgan fingerprint density at radius 2 is 1.86 bits per heavy atom. The molecule has 0 fully saturated rings. The van der Waals surface area contributed by atoms with Crippen LogP contribution in [0.1, 0.15) is 45.2 Å². The quantitative estimate of drug-likeness (QED) is 0.841. The molecule has 0 heterocycles. The van der Waals surface area contributed by atoms with Gasteiger partial charge in [0.25, 0.3) is 5.92 Å². The van der Waals surface area contributed by atoms with E-state index in [0.717, 1.165) is 30.2 Å². The number of hydrogen-bond donors (Lipinski definition) is 1. The van der Waals surface area contributed by atoms with E-state index >= 15 is 0 Å². The van der Waals surface area contributed by atoms with Gasteiger partial charge < -0.3 is 5.32 Å². The Kier molecular flexibility index (Phi) is 5.66. The van der Waals surface area contributed by atoms with Crippen LogP contribution in [0.15, 0.2) is 41.6 Å². The van der Waals surface area contributed by atoms with Crippen molar-refractivity contribution in [3.63, 3.8) is 0 Å². The van der Waals surface area contributed by atoms with Crippen LogP contribution < -0.4 is 5.32 Å². The van der Waals surface area contributed by atoms with Crippen molar-refractivity contribution < 1.29 is 8.78 Å². The molecule has 0 saturated carbocycles. The van der Waals surface area contributed by atoms with Crippen LogP contribution in [0.4, 0.5) is 8.78 Å². The molecular formula is C17H20F2N2. The summed E-state index contributed by atoms with van der Waals surface area (Å²) in [6.07, 6.45) is 2.14. The fourth-order valence-corrected chi connectivity index (χ4v) is 1.65. The minimum atomic E-state index is -2.84. The largest absolute Gasteiger partial charge is 0.361 e. The second-order valence-corrected chi connectivity index (χ2v) is 5.06. The Bertz CT molecular complexity index is 585. The van der Waals surface area contributed by atoms with Crippen LogP contribution in [-0.4, -0.2) is 5.92 Å². The van der Waals surface area contributed by atoms with Crippen molar-refractivity contribution in [2.45, 2.75) is 40.0 Å². The molecule has 0 spiro atoms. The number of nitriles is 1. The Balaban J connectivity index is 3.12. The highest BCUT2D eigenvalue weighted by Crippen LogP contribution is 2.23. The van der Waals surface area contributed by atoms with Crippen molar-refractivity contribution in [2.24, 2.45) is 0 Å². The summed E-state index contributed by atoms with van der Waals surface area (Å²) in [6.45, 7) is 6.22. The predicted molar refractivity (Wildman–Crippen MR) is 81.6 cm³/mol. The van der Waals surface area contributed by atoms with Gasteiger partial charge in [-0.15, -0.1) is 0 Å². The van der Waals surface area contributed by atoms with Crippen LogP contribution in [0.3, 0.4) is 0 Å². The van der Waals surface area contributed by atoms with E-state index in [1.54, 1.807) is 12.1 Å². The Hall–Kier alpha value is -2.15. The van der Waals surface area contributed by atoms with Crippen molar-refractivity contribution in [1.29, 1.82) is 5.26 Å². The first-order valence-corrected chi connectivity index (χ1v) is 6.81. The van der Waals surface area contributed by atoms with Crippen molar-refractivity contribution in [3.05, 3.63) is 52.7 Å². The highest BCUT2D eigenvalue weighted by atomic mass is 19.3. The first-order valence-electron chi connectivity index (χ1n) is 6.81. The molecule has 1 rings (SSSR count). The average molecular weight is 290 g/mol. The van der Waals surface area contributed by atoms with Gasteiger partial charge in [-0.2, -0.15) is 5.26 Å². The summed E-state index contributed by atoms with van der Waals surface area (Å²) in [6, 6.07) is 9.11. The molecule has 0 amide bonds. The molecule has 0 aliphatic heterocycles. The van der Waals surface area contributed by atoms with E-state index in [1.807, 2.05) is 26.0 Å². The van der Waals surface area contributed by atoms with Crippen LogP contribution in [0.2, 0.25) is 0 Å². The van der Waals surface area contributed by atoms with Crippen molar-refractivity contribution in [2.75, 3.05) is 0 Å². The van der Waals surface area contributed by atoms with E-state index in [2.05, 4.69) is 11.4 Å². The molecule has 1 aromatic rings. The van der Waals surface area contributed by atoms with Crippen molar-refractivity contribution in [3.8, 4) is 6.07 Å². The topological polar surface area (TPSA) is 35.8 Å². The minimum Gasteiger partial charge on any atom is -0.361 e. The van der Waals surface area contributed by atoms with Crippen molar-refractivity contribution in [1.82, 2.24) is 5.32 Å². The molecule has 21 heavy (non-hydrogen) atoms. The lowest BCUT2D eigenvalue weighted by Crippen LogP contribution is -2.15. The van der Waals surface area contributed by atoms with Gasteiger partial charge in [-0.3, -0.25) is 0 Å². The molecular weight excluding hydrogens is 270 g/mol. The summed E-state index contributed by atoms with van der Waals surface area (Å²) in [5, 5.41) is 11.8. The fraction of sp³-hybridized carbons (Fsp3) is 0.353. The summed E-state index contributed by atoms with van der Waals surface area (Å²) < 4.78 is 26.4. The molecule has 0 aromatic heterocycles. The van der Waals surface area contributed by atoms with E-state index in [-0.39, 0.29) is 5.57 Å². The summed E-state index contributed by atoms with van der Waals surface area (Å²) in [5.74, 6) is -2.84. The van der Waals surface area contributed by atoms with Crippen molar-refractivity contribution >= 4 is 5.70 Å². The van der Waals surface area contributed by atoms with E-state index in [1.165, 1.54) is 13.1 Å². The smallest absolute Gasteiger partial charge is 0.268 e. The predicted octanol–water partition coefficient (Wildman–Crippen LogP) is 4.85. The third-order valence-corrected chi connectivity index (χ3v) is 3.39. The monoisotopic (exact) mass is 290 g/mol. The first kappa shape index (κ1) is 16.9. The minimum absolute atomic E-state index is 0.0300. The Morgan fingerprint density at radius 3 is 2.29 bits per heavy atom. The summed E-state index contributed by atoms with van der Waals surface area (Å²) >= 11 is 0. The van der Waals surface area contributed by atoms with Crippen LogP contribution >= 0.6 is 0 Å². The number of rotatable bonds is 5. The summed E-state index contributed by atoms with van der Waals surface area (Å²) in [7, 11) is 0. The zero-order valence-corrected chi connectivity index (χ0v) is 12.8. The van der Waals surface area contributed by atoms with Gasteiger partial charge in [0.2, 0.25) is 0 Å². The number of benzene rings is 1. The molecule has 0 aliphatic rings. The summed E-state index contributed by atoms with van der Waals surface area (Å²) in [4.78, 5) is 0. The fourth-order valence-electron chi connectivity index (χ4n) is 1.65. The Labute approximate surface area is 124 Å². The van der Waals surface area contributed by atoms with E-state index in [0.29, 0.717) is 5.56 Å². The number of nitrogens with zero attached hydrogens (tertiary/aromatic N) is 1. The number of nitrogens with one attached hydrogen (secondary N) is 1. The maximum absolute atomic E-state index is 13.2. The molecule has 0 bridgehead atoms. The number of alkyl halides is 2. The molecule has 0 unspecified atom stereocenters. The standard InChI is InChI=1S/C17H20F2N2/c1-5-12(2)16(21-11-13(3)17(4,18)19)15-8-6-14(10-20)7-9-15/h6-9,11,21H,5H2,1-4H3/b13-11+,16-12?. The van der Waals surface area contributed by atoms with Gasteiger partial charge >= 0.3 is 0 Å². The van der Waals surface area contributed by atoms with Gasteiger partial charge in [-0.25, -0.2) is 8.78 Å². The number of allylic oxidation sites excluding steroid dienone is 2. The zero-order chi connectivity index (χ0) is 16.0. The van der Waals surface area contributed by atoms with Gasteiger partial charge in [-0.1, -0.05) is 19.1 Å². The lowest BCUT2D eigenvalue weighted by Gasteiger charge is -2.15. The van der Waals surface area contributed by atoms with E-state index in [4.69, 9.17) is 5.26 Å². The summed E-state index contributed by atoms with van der Waals surface area (Å²) in [5.41, 5.74) is 3.27. The molecule has 0 radical (unpaired) electrons.